The molecular formula is C25H35N7O2. The molecule has 3 heterocycles. The van der Waals surface area contributed by atoms with Gasteiger partial charge in [-0.15, -0.1) is 10.2 Å². The topological polar surface area (TPSA) is 120 Å². The van der Waals surface area contributed by atoms with Crippen molar-refractivity contribution in [2.24, 2.45) is 5.92 Å². The number of carboxylic acid groups (broad SMARTS) is 1. The first-order chi connectivity index (χ1) is 16.7. The molecule has 3 N–H and O–H groups in total. The SMILES string of the molecule is CC.CCC[C@H](C(=O)O)[C@H](Cc1ccc(-c2ccc(N3CCNCC3)nc2)cc1)c1nn[nH]n1. The van der Waals surface area contributed by atoms with Crippen molar-refractivity contribution in [3.8, 4) is 11.1 Å². The van der Waals surface area contributed by atoms with Crippen LogP contribution in [0.3, 0.4) is 0 Å². The number of hydrogen-bond donors (Lipinski definition) is 3. The molecule has 9 nitrogen and oxygen atoms in total. The number of benzene rings is 1. The van der Waals surface area contributed by atoms with Gasteiger partial charge in [-0.05, 0) is 36.1 Å². The van der Waals surface area contributed by atoms with Gasteiger partial charge in [0.05, 0.1) is 5.92 Å². The molecule has 3 aromatic rings. The van der Waals surface area contributed by atoms with Gasteiger partial charge in [0.15, 0.2) is 5.82 Å². The fourth-order valence-corrected chi connectivity index (χ4v) is 4.27. The Labute approximate surface area is 201 Å². The second-order valence-corrected chi connectivity index (χ2v) is 8.15. The first-order valence-corrected chi connectivity index (χ1v) is 12.1. The zero-order chi connectivity index (χ0) is 24.3. The normalized spacial score (nSPS) is 15.2. The van der Waals surface area contributed by atoms with Gasteiger partial charge in [0, 0.05) is 43.9 Å². The van der Waals surface area contributed by atoms with Crippen molar-refractivity contribution in [2.75, 3.05) is 31.1 Å². The van der Waals surface area contributed by atoms with Gasteiger partial charge in [0.25, 0.3) is 0 Å². The molecule has 4 rings (SSSR count). The standard InChI is InChI=1S/C23H29N7O2.C2H6/c1-2-3-19(23(31)32)20(22-26-28-29-27-22)14-16-4-6-17(7-5-16)18-8-9-21(25-15-18)30-12-10-24-11-13-30;1-2/h4-9,15,19-20,24H,2-3,10-14H2,1H3,(H,31,32)(H,26,27,28,29);1-2H3/t19-,20-;/m0./s1. The number of nitrogens with zero attached hydrogens (tertiary/aromatic N) is 5. The molecule has 0 bridgehead atoms. The molecule has 2 atom stereocenters. The highest BCUT2D eigenvalue weighted by atomic mass is 16.4. The Balaban J connectivity index is 0.00000158. The van der Waals surface area contributed by atoms with Gasteiger partial charge in [-0.3, -0.25) is 4.79 Å². The second kappa shape index (κ2) is 12.8. The number of hydrogen-bond acceptors (Lipinski definition) is 7. The summed E-state index contributed by atoms with van der Waals surface area (Å²) in [4.78, 5) is 18.8. The summed E-state index contributed by atoms with van der Waals surface area (Å²) >= 11 is 0. The minimum atomic E-state index is -0.825. The molecule has 0 aliphatic carbocycles. The smallest absolute Gasteiger partial charge is 0.307 e. The molecule has 1 aromatic carbocycles. The highest BCUT2D eigenvalue weighted by Gasteiger charge is 2.32. The van der Waals surface area contributed by atoms with Crippen LogP contribution in [0.25, 0.3) is 11.1 Å². The average molecular weight is 466 g/mol. The van der Waals surface area contributed by atoms with Crippen LogP contribution >= 0.6 is 0 Å². The van der Waals surface area contributed by atoms with Crippen LogP contribution in [0.5, 0.6) is 0 Å². The molecule has 1 aliphatic rings. The molecule has 0 unspecified atom stereocenters. The minimum Gasteiger partial charge on any atom is -0.481 e. The Morgan fingerprint density at radius 2 is 1.79 bits per heavy atom. The molecule has 0 amide bonds. The van der Waals surface area contributed by atoms with E-state index in [1.54, 1.807) is 0 Å². The quantitative estimate of drug-likeness (QED) is 0.439. The van der Waals surface area contributed by atoms with E-state index in [-0.39, 0.29) is 5.92 Å². The van der Waals surface area contributed by atoms with Crippen molar-refractivity contribution in [1.29, 1.82) is 0 Å². The van der Waals surface area contributed by atoms with Crippen LogP contribution in [0, 0.1) is 5.92 Å². The summed E-state index contributed by atoms with van der Waals surface area (Å²) in [6, 6.07) is 12.4. The van der Waals surface area contributed by atoms with Crippen LogP contribution in [0.1, 0.15) is 50.9 Å². The Hall–Kier alpha value is -3.33. The Morgan fingerprint density at radius 3 is 2.35 bits per heavy atom. The van der Waals surface area contributed by atoms with Gasteiger partial charge in [-0.25, -0.2) is 4.98 Å². The highest BCUT2D eigenvalue weighted by molar-refractivity contribution is 5.71. The van der Waals surface area contributed by atoms with Crippen molar-refractivity contribution >= 4 is 11.8 Å². The van der Waals surface area contributed by atoms with E-state index in [0.29, 0.717) is 18.7 Å². The minimum absolute atomic E-state index is 0.336. The first kappa shape index (κ1) is 25.3. The lowest BCUT2D eigenvalue weighted by Gasteiger charge is -2.28. The van der Waals surface area contributed by atoms with E-state index in [0.717, 1.165) is 55.1 Å². The number of carboxylic acids is 1. The van der Waals surface area contributed by atoms with Crippen molar-refractivity contribution in [1.82, 2.24) is 30.9 Å². The molecule has 34 heavy (non-hydrogen) atoms. The number of anilines is 1. The third kappa shape index (κ3) is 6.38. The van der Waals surface area contributed by atoms with E-state index >= 15 is 0 Å². The van der Waals surface area contributed by atoms with Crippen molar-refractivity contribution in [3.05, 3.63) is 54.0 Å². The average Bonchev–Trinajstić information content (AvgIpc) is 3.43. The Kier molecular flexibility index (Phi) is 9.51. The number of nitrogens with one attached hydrogen (secondary N) is 2. The molecule has 0 radical (unpaired) electrons. The number of rotatable bonds is 9. The molecule has 182 valence electrons. The van der Waals surface area contributed by atoms with Gasteiger partial charge >= 0.3 is 5.97 Å². The maximum atomic E-state index is 11.9. The van der Waals surface area contributed by atoms with Crippen LogP contribution in [0.4, 0.5) is 5.82 Å². The number of carbonyl (C=O) groups is 1. The van der Waals surface area contributed by atoms with Crippen LogP contribution in [-0.2, 0) is 11.2 Å². The molecule has 1 fully saturated rings. The van der Waals surface area contributed by atoms with E-state index in [1.165, 1.54) is 0 Å². The van der Waals surface area contributed by atoms with Crippen LogP contribution in [-0.4, -0.2) is 62.9 Å². The second-order valence-electron chi connectivity index (χ2n) is 8.15. The van der Waals surface area contributed by atoms with Crippen LogP contribution in [0.2, 0.25) is 0 Å². The third-order valence-corrected chi connectivity index (χ3v) is 6.03. The zero-order valence-corrected chi connectivity index (χ0v) is 20.2. The number of tetrazole rings is 1. The number of pyridine rings is 1. The maximum absolute atomic E-state index is 11.9. The fourth-order valence-electron chi connectivity index (χ4n) is 4.27. The summed E-state index contributed by atoms with van der Waals surface area (Å²) in [6.45, 7) is 9.89. The summed E-state index contributed by atoms with van der Waals surface area (Å²) in [5.41, 5.74) is 3.17. The summed E-state index contributed by atoms with van der Waals surface area (Å²) in [7, 11) is 0. The first-order valence-electron chi connectivity index (χ1n) is 12.1. The van der Waals surface area contributed by atoms with E-state index in [1.807, 2.05) is 39.1 Å². The van der Waals surface area contributed by atoms with Gasteiger partial charge < -0.3 is 15.3 Å². The van der Waals surface area contributed by atoms with Gasteiger partial charge in [0.2, 0.25) is 0 Å². The largest absolute Gasteiger partial charge is 0.481 e. The summed E-state index contributed by atoms with van der Waals surface area (Å²) in [5.74, 6) is -0.266. The van der Waals surface area contributed by atoms with Crippen molar-refractivity contribution in [3.63, 3.8) is 0 Å². The molecule has 1 saturated heterocycles. The number of H-pyrrole nitrogens is 1. The lowest BCUT2D eigenvalue weighted by molar-refractivity contribution is -0.142. The lowest BCUT2D eigenvalue weighted by Crippen LogP contribution is -2.43. The van der Waals surface area contributed by atoms with Crippen molar-refractivity contribution in [2.45, 2.75) is 46.0 Å². The van der Waals surface area contributed by atoms with Crippen LogP contribution in [0.15, 0.2) is 42.6 Å². The number of piperazine rings is 1. The summed E-state index contributed by atoms with van der Waals surface area (Å²) in [6.07, 6.45) is 3.80. The van der Waals surface area contributed by atoms with E-state index < -0.39 is 11.9 Å². The number of aromatic amines is 1. The number of aliphatic carboxylic acids is 1. The predicted octanol–water partition coefficient (Wildman–Crippen LogP) is 3.52. The Bertz CT molecular complexity index is 985. The Morgan fingerprint density at radius 1 is 1.09 bits per heavy atom. The maximum Gasteiger partial charge on any atom is 0.307 e. The van der Waals surface area contributed by atoms with Gasteiger partial charge in [-0.1, -0.05) is 56.7 Å². The van der Waals surface area contributed by atoms with Crippen molar-refractivity contribution < 1.29 is 9.90 Å². The van der Waals surface area contributed by atoms with Gasteiger partial charge in [0.1, 0.15) is 5.82 Å². The molecule has 0 spiro atoms. The highest BCUT2D eigenvalue weighted by Crippen LogP contribution is 2.30. The molecule has 0 saturated carbocycles. The van der Waals surface area contributed by atoms with E-state index in [2.05, 4.69) is 60.1 Å². The predicted molar refractivity (Wildman–Crippen MR) is 133 cm³/mol. The summed E-state index contributed by atoms with van der Waals surface area (Å²) < 4.78 is 0. The van der Waals surface area contributed by atoms with Gasteiger partial charge in [-0.2, -0.15) is 5.21 Å². The molecular weight excluding hydrogens is 430 g/mol. The lowest BCUT2D eigenvalue weighted by atomic mass is 9.83. The number of aromatic nitrogens is 5. The molecule has 9 heteroatoms. The van der Waals surface area contributed by atoms with Crippen LogP contribution < -0.4 is 10.2 Å². The van der Waals surface area contributed by atoms with E-state index in [4.69, 9.17) is 0 Å². The van der Waals surface area contributed by atoms with E-state index in [9.17, 15) is 9.90 Å². The summed E-state index contributed by atoms with van der Waals surface area (Å²) in [5, 5.41) is 27.4. The zero-order valence-electron chi connectivity index (χ0n) is 20.2. The third-order valence-electron chi connectivity index (χ3n) is 6.03. The molecule has 1 aliphatic heterocycles. The molecule has 2 aromatic heterocycles. The monoisotopic (exact) mass is 465 g/mol. The fraction of sp³-hybridized carbons (Fsp3) is 0.480.